The second-order valence-corrected chi connectivity index (χ2v) is 3.87. The molecule has 0 radical (unpaired) electrons. The zero-order valence-corrected chi connectivity index (χ0v) is 10.6. The van der Waals surface area contributed by atoms with E-state index in [1.807, 2.05) is 0 Å². The summed E-state index contributed by atoms with van der Waals surface area (Å²) in [6.07, 6.45) is 0.614. The van der Waals surface area contributed by atoms with Crippen LogP contribution in [0.2, 0.25) is 0 Å². The van der Waals surface area contributed by atoms with Gasteiger partial charge in [-0.2, -0.15) is 0 Å². The summed E-state index contributed by atoms with van der Waals surface area (Å²) >= 11 is 0. The van der Waals surface area contributed by atoms with Crippen LogP contribution in [0.4, 0.5) is 0 Å². The molecule has 0 aliphatic carbocycles. The third kappa shape index (κ3) is 4.42. The van der Waals surface area contributed by atoms with Crippen LogP contribution >= 0.6 is 0 Å². The molecule has 0 aliphatic rings. The van der Waals surface area contributed by atoms with Crippen molar-refractivity contribution in [2.24, 2.45) is 0 Å². The molecule has 1 aromatic carbocycles. The lowest BCUT2D eigenvalue weighted by Gasteiger charge is -2.12. The molecule has 1 aromatic rings. The number of phenolic OH excluding ortho intramolecular Hbond substituents is 1. The SMILES string of the molecule is CC(=O)OCC(C=O)c1ccc(OC(C)=O)c(O)c1. The molecule has 0 amide bonds. The number of aromatic hydroxyl groups is 1. The van der Waals surface area contributed by atoms with Gasteiger partial charge in [0.25, 0.3) is 0 Å². The number of rotatable bonds is 5. The van der Waals surface area contributed by atoms with Crippen LogP contribution in [0.3, 0.4) is 0 Å². The van der Waals surface area contributed by atoms with Crippen molar-refractivity contribution in [2.75, 3.05) is 6.61 Å². The van der Waals surface area contributed by atoms with Crippen LogP contribution in [0.1, 0.15) is 25.3 Å². The van der Waals surface area contributed by atoms with Crippen molar-refractivity contribution >= 4 is 18.2 Å². The van der Waals surface area contributed by atoms with Crippen LogP contribution in [0.15, 0.2) is 18.2 Å². The summed E-state index contributed by atoms with van der Waals surface area (Å²) in [5, 5.41) is 9.66. The number of hydrogen-bond donors (Lipinski definition) is 1. The molecule has 0 spiro atoms. The van der Waals surface area contributed by atoms with E-state index in [0.717, 1.165) is 0 Å². The fraction of sp³-hybridized carbons (Fsp3) is 0.308. The molecule has 0 saturated carbocycles. The van der Waals surface area contributed by atoms with E-state index in [1.165, 1.54) is 32.0 Å². The number of carbonyl (C=O) groups excluding carboxylic acids is 3. The van der Waals surface area contributed by atoms with Gasteiger partial charge in [0.15, 0.2) is 11.5 Å². The average Bonchev–Trinajstić information content (AvgIpc) is 2.32. The minimum atomic E-state index is -0.679. The van der Waals surface area contributed by atoms with Gasteiger partial charge in [0, 0.05) is 13.8 Å². The molecule has 102 valence electrons. The van der Waals surface area contributed by atoms with Crippen molar-refractivity contribution in [1.82, 2.24) is 0 Å². The van der Waals surface area contributed by atoms with Crippen LogP contribution in [0.25, 0.3) is 0 Å². The summed E-state index contributed by atoms with van der Waals surface area (Å²) in [7, 11) is 0. The fourth-order valence-corrected chi connectivity index (χ4v) is 1.43. The Kier molecular flexibility index (Phi) is 5.05. The maximum atomic E-state index is 10.9. The smallest absolute Gasteiger partial charge is 0.308 e. The molecule has 0 aliphatic heterocycles. The fourth-order valence-electron chi connectivity index (χ4n) is 1.43. The standard InChI is InChI=1S/C13H14O6/c1-8(15)18-7-11(6-14)10-3-4-13(12(17)5-10)19-9(2)16/h3-6,11,17H,7H2,1-2H3. The molecule has 19 heavy (non-hydrogen) atoms. The highest BCUT2D eigenvalue weighted by molar-refractivity contribution is 5.71. The lowest BCUT2D eigenvalue weighted by Crippen LogP contribution is -2.12. The lowest BCUT2D eigenvalue weighted by molar-refractivity contribution is -0.141. The molecule has 1 unspecified atom stereocenters. The Morgan fingerprint density at radius 1 is 1.32 bits per heavy atom. The maximum Gasteiger partial charge on any atom is 0.308 e. The van der Waals surface area contributed by atoms with Crippen LogP contribution in [-0.4, -0.2) is 29.9 Å². The number of aldehydes is 1. The maximum absolute atomic E-state index is 10.9. The first-order chi connectivity index (χ1) is 8.93. The van der Waals surface area contributed by atoms with Gasteiger partial charge in [0.2, 0.25) is 0 Å². The van der Waals surface area contributed by atoms with Crippen molar-refractivity contribution in [2.45, 2.75) is 19.8 Å². The summed E-state index contributed by atoms with van der Waals surface area (Å²) in [6.45, 7) is 2.34. The molecule has 1 N–H and O–H groups in total. The molecule has 1 atom stereocenters. The summed E-state index contributed by atoms with van der Waals surface area (Å²) < 4.78 is 9.50. The van der Waals surface area contributed by atoms with Gasteiger partial charge < -0.3 is 19.4 Å². The monoisotopic (exact) mass is 266 g/mol. The average molecular weight is 266 g/mol. The molecule has 0 aromatic heterocycles. The highest BCUT2D eigenvalue weighted by atomic mass is 16.5. The second-order valence-electron chi connectivity index (χ2n) is 3.87. The number of hydrogen-bond acceptors (Lipinski definition) is 6. The molecule has 0 bridgehead atoms. The van der Waals surface area contributed by atoms with E-state index >= 15 is 0 Å². The summed E-state index contributed by atoms with van der Waals surface area (Å²) in [5.74, 6) is -1.99. The summed E-state index contributed by atoms with van der Waals surface area (Å²) in [5.41, 5.74) is 0.463. The van der Waals surface area contributed by atoms with Gasteiger partial charge in [-0.05, 0) is 17.7 Å². The van der Waals surface area contributed by atoms with Crippen LogP contribution in [0, 0.1) is 0 Å². The van der Waals surface area contributed by atoms with Crippen molar-refractivity contribution in [3.63, 3.8) is 0 Å². The topological polar surface area (TPSA) is 89.9 Å². The normalized spacial score (nSPS) is 11.5. The molecule has 6 nitrogen and oxygen atoms in total. The lowest BCUT2D eigenvalue weighted by atomic mass is 10.0. The second kappa shape index (κ2) is 6.53. The predicted molar refractivity (Wildman–Crippen MR) is 64.9 cm³/mol. The van der Waals surface area contributed by atoms with Crippen molar-refractivity contribution < 1.29 is 29.0 Å². The Labute approximate surface area is 109 Å². The van der Waals surface area contributed by atoms with Gasteiger partial charge in [-0.1, -0.05) is 6.07 Å². The largest absolute Gasteiger partial charge is 0.504 e. The zero-order valence-electron chi connectivity index (χ0n) is 10.6. The number of ether oxygens (including phenoxy) is 2. The Balaban J connectivity index is 2.88. The van der Waals surface area contributed by atoms with E-state index in [2.05, 4.69) is 0 Å². The zero-order chi connectivity index (χ0) is 14.4. The highest BCUT2D eigenvalue weighted by Gasteiger charge is 2.15. The molecule has 1 rings (SSSR count). The third-order valence-corrected chi connectivity index (χ3v) is 2.30. The molecule has 0 heterocycles. The minimum Gasteiger partial charge on any atom is -0.504 e. The first kappa shape index (κ1) is 14.7. The molecular formula is C13H14O6. The quantitative estimate of drug-likeness (QED) is 0.488. The Hall–Kier alpha value is -2.37. The minimum absolute atomic E-state index is 0.00776. The Bertz CT molecular complexity index is 494. The van der Waals surface area contributed by atoms with Gasteiger partial charge in [0.05, 0.1) is 5.92 Å². The van der Waals surface area contributed by atoms with E-state index in [4.69, 9.17) is 9.47 Å². The van der Waals surface area contributed by atoms with Crippen molar-refractivity contribution in [3.05, 3.63) is 23.8 Å². The van der Waals surface area contributed by atoms with E-state index < -0.39 is 17.9 Å². The van der Waals surface area contributed by atoms with Gasteiger partial charge in [-0.3, -0.25) is 9.59 Å². The van der Waals surface area contributed by atoms with E-state index in [-0.39, 0.29) is 18.1 Å². The van der Waals surface area contributed by atoms with Gasteiger partial charge in [-0.15, -0.1) is 0 Å². The number of phenols is 1. The first-order valence-corrected chi connectivity index (χ1v) is 5.54. The van der Waals surface area contributed by atoms with Gasteiger partial charge in [-0.25, -0.2) is 0 Å². The summed E-state index contributed by atoms with van der Waals surface area (Å²) in [6, 6.07) is 4.18. The number of carbonyl (C=O) groups is 3. The highest BCUT2D eigenvalue weighted by Crippen LogP contribution is 2.29. The van der Waals surface area contributed by atoms with Gasteiger partial charge >= 0.3 is 11.9 Å². The molecule has 0 fully saturated rings. The van der Waals surface area contributed by atoms with Crippen LogP contribution in [0.5, 0.6) is 11.5 Å². The van der Waals surface area contributed by atoms with E-state index in [1.54, 1.807) is 0 Å². The Morgan fingerprint density at radius 3 is 2.47 bits per heavy atom. The Morgan fingerprint density at radius 2 is 2.00 bits per heavy atom. The molecule has 6 heteroatoms. The van der Waals surface area contributed by atoms with Crippen molar-refractivity contribution in [3.8, 4) is 11.5 Å². The third-order valence-electron chi connectivity index (χ3n) is 2.30. The van der Waals surface area contributed by atoms with E-state index in [0.29, 0.717) is 11.8 Å². The van der Waals surface area contributed by atoms with E-state index in [9.17, 15) is 19.5 Å². The van der Waals surface area contributed by atoms with Crippen LogP contribution in [-0.2, 0) is 19.1 Å². The molecule has 0 saturated heterocycles. The molecular weight excluding hydrogens is 252 g/mol. The first-order valence-electron chi connectivity index (χ1n) is 5.54. The number of esters is 2. The van der Waals surface area contributed by atoms with Crippen molar-refractivity contribution in [1.29, 1.82) is 0 Å². The van der Waals surface area contributed by atoms with Gasteiger partial charge in [0.1, 0.15) is 12.9 Å². The van der Waals surface area contributed by atoms with Crippen LogP contribution < -0.4 is 4.74 Å². The predicted octanol–water partition coefficient (Wildman–Crippen LogP) is 1.16. The number of benzene rings is 1. The summed E-state index contributed by atoms with van der Waals surface area (Å²) in [4.78, 5) is 32.4.